The molecular formula is C17H12F2IN3OS. The van der Waals surface area contributed by atoms with Crippen LogP contribution in [0.1, 0.15) is 11.1 Å². The molecular weight excluding hydrogens is 459 g/mol. The molecule has 0 amide bonds. The van der Waals surface area contributed by atoms with Crippen molar-refractivity contribution in [2.75, 3.05) is 6.54 Å². The molecule has 1 aliphatic rings. The Kier molecular flexibility index (Phi) is 4.32. The van der Waals surface area contributed by atoms with Crippen LogP contribution in [-0.4, -0.2) is 16.4 Å². The van der Waals surface area contributed by atoms with Gasteiger partial charge in [0, 0.05) is 60.1 Å². The van der Waals surface area contributed by atoms with E-state index in [2.05, 4.69) is 26.2 Å². The van der Waals surface area contributed by atoms with Crippen LogP contribution in [0.3, 0.4) is 0 Å². The molecule has 2 aromatic carbocycles. The number of hydrogen-bond acceptors (Lipinski definition) is 4. The van der Waals surface area contributed by atoms with Gasteiger partial charge in [0.2, 0.25) is 0 Å². The Morgan fingerprint density at radius 2 is 2.08 bits per heavy atom. The molecule has 8 heteroatoms. The normalized spacial score (nSPS) is 13.6. The maximum atomic E-state index is 14.7. The number of ether oxygens (including phenoxy) is 1. The van der Waals surface area contributed by atoms with Crippen molar-refractivity contribution in [3.63, 3.8) is 0 Å². The van der Waals surface area contributed by atoms with Gasteiger partial charge in [-0.1, -0.05) is 6.07 Å². The summed E-state index contributed by atoms with van der Waals surface area (Å²) in [5.41, 5.74) is 8.16. The van der Waals surface area contributed by atoms with E-state index in [1.165, 1.54) is 15.2 Å². The summed E-state index contributed by atoms with van der Waals surface area (Å²) in [6.07, 6.45) is 2.47. The van der Waals surface area contributed by atoms with Crippen molar-refractivity contribution < 1.29 is 13.5 Å². The summed E-state index contributed by atoms with van der Waals surface area (Å²) in [6, 6.07) is 8.08. The van der Waals surface area contributed by atoms with Gasteiger partial charge in [0.25, 0.3) is 0 Å². The van der Waals surface area contributed by atoms with Crippen LogP contribution in [-0.2, 0) is 6.42 Å². The summed E-state index contributed by atoms with van der Waals surface area (Å²) >= 11 is 2.05. The second-order valence-corrected chi connectivity index (χ2v) is 7.30. The molecule has 0 fully saturated rings. The number of aromatic nitrogens is 1. The highest BCUT2D eigenvalue weighted by Crippen LogP contribution is 2.36. The standard InChI is InChI=1S/C17H12F2IN3OS/c18-13-8-14-11(4-6-23(14)25-20)15(19)16(13)24-10-2-1-9-3-5-22-17(21)12(9)7-10/h1-2,4,6-8H,3,5H2,(H2,21,22). The van der Waals surface area contributed by atoms with Crippen LogP contribution in [0.4, 0.5) is 8.78 Å². The van der Waals surface area contributed by atoms with Gasteiger partial charge in [-0.15, -0.1) is 0 Å². The molecule has 0 spiro atoms. The maximum absolute atomic E-state index is 14.7. The van der Waals surface area contributed by atoms with E-state index < -0.39 is 17.4 Å². The van der Waals surface area contributed by atoms with Crippen molar-refractivity contribution in [3.05, 3.63) is 59.3 Å². The van der Waals surface area contributed by atoms with Crippen LogP contribution in [0.25, 0.3) is 10.9 Å². The lowest BCUT2D eigenvalue weighted by molar-refractivity contribution is 0.411. The average Bonchev–Trinajstić information content (AvgIpc) is 3.02. The smallest absolute Gasteiger partial charge is 0.199 e. The summed E-state index contributed by atoms with van der Waals surface area (Å²) < 4.78 is 36.4. The first-order valence-corrected chi connectivity index (χ1v) is 10.8. The quantitative estimate of drug-likeness (QED) is 0.558. The highest BCUT2D eigenvalue weighted by molar-refractivity contribution is 14.2. The second kappa shape index (κ2) is 6.49. The summed E-state index contributed by atoms with van der Waals surface area (Å²) in [5, 5.41) is 0.305. The summed E-state index contributed by atoms with van der Waals surface area (Å²) in [4.78, 5) is 4.19. The molecule has 2 N–H and O–H groups in total. The number of fused-ring (bicyclic) bond motifs is 2. The SMILES string of the molecule is NC1=NCCc2ccc(Oc3c(F)cc4c(ccn4SI)c3F)cc21. The van der Waals surface area contributed by atoms with E-state index in [0.717, 1.165) is 17.5 Å². The highest BCUT2D eigenvalue weighted by atomic mass is 127. The van der Waals surface area contributed by atoms with Gasteiger partial charge in [0.15, 0.2) is 17.4 Å². The molecule has 0 atom stereocenters. The van der Waals surface area contributed by atoms with Gasteiger partial charge in [-0.05, 0) is 30.2 Å². The molecule has 128 valence electrons. The summed E-state index contributed by atoms with van der Waals surface area (Å²) in [6.45, 7) is 0.644. The van der Waals surface area contributed by atoms with Crippen LogP contribution in [0.15, 0.2) is 41.5 Å². The van der Waals surface area contributed by atoms with Crippen molar-refractivity contribution in [2.24, 2.45) is 10.7 Å². The third kappa shape index (κ3) is 2.86. The fourth-order valence-corrected chi connectivity index (χ4v) is 4.26. The number of aliphatic imine (C=N–C) groups is 1. The zero-order chi connectivity index (χ0) is 17.6. The van der Waals surface area contributed by atoms with Crippen molar-refractivity contribution in [1.29, 1.82) is 0 Å². The van der Waals surface area contributed by atoms with Gasteiger partial charge in [0.1, 0.15) is 11.6 Å². The van der Waals surface area contributed by atoms with Gasteiger partial charge in [-0.3, -0.25) is 8.96 Å². The molecule has 3 aromatic rings. The van der Waals surface area contributed by atoms with E-state index in [4.69, 9.17) is 10.5 Å². The zero-order valence-corrected chi connectivity index (χ0v) is 15.8. The largest absolute Gasteiger partial charge is 0.451 e. The first-order valence-electron chi connectivity index (χ1n) is 7.47. The van der Waals surface area contributed by atoms with Crippen molar-refractivity contribution in [1.82, 2.24) is 3.97 Å². The predicted octanol–water partition coefficient (Wildman–Crippen LogP) is 4.82. The van der Waals surface area contributed by atoms with E-state index in [0.29, 0.717) is 29.0 Å². The minimum absolute atomic E-state index is 0.305. The zero-order valence-electron chi connectivity index (χ0n) is 12.8. The van der Waals surface area contributed by atoms with Gasteiger partial charge in [0.05, 0.1) is 5.52 Å². The molecule has 25 heavy (non-hydrogen) atoms. The molecule has 1 aliphatic heterocycles. The van der Waals surface area contributed by atoms with Crippen LogP contribution < -0.4 is 10.5 Å². The number of amidine groups is 1. The van der Waals surface area contributed by atoms with E-state index in [1.54, 1.807) is 28.4 Å². The van der Waals surface area contributed by atoms with Gasteiger partial charge in [-0.2, -0.15) is 0 Å². The van der Waals surface area contributed by atoms with Crippen LogP contribution in [0, 0.1) is 11.6 Å². The van der Waals surface area contributed by atoms with Gasteiger partial charge < -0.3 is 10.5 Å². The molecule has 2 heterocycles. The number of halogens is 3. The number of benzene rings is 2. The Morgan fingerprint density at radius 3 is 2.88 bits per heavy atom. The molecule has 4 nitrogen and oxygen atoms in total. The Hall–Kier alpha value is -1.81. The third-order valence-electron chi connectivity index (χ3n) is 4.12. The van der Waals surface area contributed by atoms with Crippen molar-refractivity contribution in [2.45, 2.75) is 6.42 Å². The van der Waals surface area contributed by atoms with Crippen LogP contribution in [0.2, 0.25) is 0 Å². The van der Waals surface area contributed by atoms with E-state index >= 15 is 0 Å². The number of nitrogens with two attached hydrogens (primary N) is 1. The molecule has 0 bridgehead atoms. The van der Waals surface area contributed by atoms with Crippen molar-refractivity contribution >= 4 is 47.1 Å². The Labute approximate surface area is 158 Å². The van der Waals surface area contributed by atoms with E-state index in [-0.39, 0.29) is 0 Å². The number of rotatable bonds is 3. The summed E-state index contributed by atoms with van der Waals surface area (Å²) in [5.74, 6) is -1.17. The average molecular weight is 471 g/mol. The van der Waals surface area contributed by atoms with Gasteiger partial charge in [-0.25, -0.2) is 8.78 Å². The van der Waals surface area contributed by atoms with Crippen molar-refractivity contribution in [3.8, 4) is 11.5 Å². The Morgan fingerprint density at radius 1 is 1.24 bits per heavy atom. The Bertz CT molecular complexity index is 1020. The maximum Gasteiger partial charge on any atom is 0.199 e. The van der Waals surface area contributed by atoms with Crippen LogP contribution >= 0.6 is 30.3 Å². The fraction of sp³-hybridized carbons (Fsp3) is 0.118. The minimum atomic E-state index is -0.755. The molecule has 1 aromatic heterocycles. The highest BCUT2D eigenvalue weighted by Gasteiger charge is 2.20. The Balaban J connectivity index is 1.77. The molecule has 0 saturated carbocycles. The minimum Gasteiger partial charge on any atom is -0.451 e. The molecule has 0 saturated heterocycles. The fourth-order valence-electron chi connectivity index (χ4n) is 2.90. The molecule has 4 rings (SSSR count). The molecule has 0 radical (unpaired) electrons. The van der Waals surface area contributed by atoms with E-state index in [9.17, 15) is 8.78 Å². The monoisotopic (exact) mass is 471 g/mol. The number of nitrogens with zero attached hydrogens (tertiary/aromatic N) is 2. The van der Waals surface area contributed by atoms with E-state index in [1.807, 2.05) is 6.07 Å². The molecule has 0 aliphatic carbocycles. The third-order valence-corrected chi connectivity index (χ3v) is 5.86. The first kappa shape index (κ1) is 16.6. The molecule has 0 unspecified atom stereocenters. The lowest BCUT2D eigenvalue weighted by Gasteiger charge is -2.16. The predicted molar refractivity (Wildman–Crippen MR) is 105 cm³/mol. The summed E-state index contributed by atoms with van der Waals surface area (Å²) in [7, 11) is 1.33. The lowest BCUT2D eigenvalue weighted by Crippen LogP contribution is -2.20. The first-order chi connectivity index (χ1) is 12.1. The van der Waals surface area contributed by atoms with Crippen LogP contribution in [0.5, 0.6) is 11.5 Å². The number of hydrogen-bond donors (Lipinski definition) is 1. The van der Waals surface area contributed by atoms with Gasteiger partial charge >= 0.3 is 0 Å². The second-order valence-electron chi connectivity index (χ2n) is 5.58. The lowest BCUT2D eigenvalue weighted by atomic mass is 10.0. The topological polar surface area (TPSA) is 52.5 Å².